The summed E-state index contributed by atoms with van der Waals surface area (Å²) < 4.78 is 0. The molecule has 0 fully saturated rings. The third-order valence-electron chi connectivity index (χ3n) is 2.05. The standard InChI is InChI=1S/C11H11N/c1-2-9-4-3-5-11-10(8-9)6-7-12-11/h2-3,5-8,12H,1,4H2. The first-order chi connectivity index (χ1) is 5.90. The number of aromatic nitrogens is 1. The summed E-state index contributed by atoms with van der Waals surface area (Å²) in [6.45, 7) is 3.77. The molecule has 1 nitrogen and oxygen atoms in total. The van der Waals surface area contributed by atoms with Gasteiger partial charge in [-0.15, -0.1) is 0 Å². The molecule has 1 aromatic heterocycles. The van der Waals surface area contributed by atoms with E-state index in [0.717, 1.165) is 6.42 Å². The van der Waals surface area contributed by atoms with Gasteiger partial charge in [0.25, 0.3) is 0 Å². The molecule has 0 amide bonds. The quantitative estimate of drug-likeness (QED) is 0.645. The van der Waals surface area contributed by atoms with Crippen molar-refractivity contribution in [3.8, 4) is 0 Å². The second-order valence-electron chi connectivity index (χ2n) is 2.88. The van der Waals surface area contributed by atoms with Crippen LogP contribution in [0, 0.1) is 0 Å². The number of nitrogens with one attached hydrogen (secondary N) is 1. The molecule has 60 valence electrons. The van der Waals surface area contributed by atoms with Crippen molar-refractivity contribution in [2.75, 3.05) is 0 Å². The maximum absolute atomic E-state index is 3.77. The number of H-pyrrole nitrogens is 1. The molecule has 0 aromatic carbocycles. The minimum absolute atomic E-state index is 0.978. The van der Waals surface area contributed by atoms with Gasteiger partial charge in [-0.1, -0.05) is 18.7 Å². The number of hydrogen-bond donors (Lipinski definition) is 1. The summed E-state index contributed by atoms with van der Waals surface area (Å²) >= 11 is 0. The fraction of sp³-hybridized carbons (Fsp3) is 0.0909. The van der Waals surface area contributed by atoms with Crippen molar-refractivity contribution < 1.29 is 0 Å². The van der Waals surface area contributed by atoms with Crippen LogP contribution in [0.15, 0.2) is 36.6 Å². The molecule has 1 aliphatic carbocycles. The first-order valence-electron chi connectivity index (χ1n) is 4.07. The van der Waals surface area contributed by atoms with Crippen LogP contribution in [0.4, 0.5) is 0 Å². The molecule has 0 atom stereocenters. The Morgan fingerprint density at radius 1 is 1.50 bits per heavy atom. The molecule has 1 aliphatic rings. The minimum atomic E-state index is 0.978. The fourth-order valence-electron chi connectivity index (χ4n) is 1.38. The van der Waals surface area contributed by atoms with Crippen LogP contribution in [-0.2, 0) is 0 Å². The SMILES string of the molecule is C=CC1=Cc2cc[nH]c2C=CC1. The molecular weight excluding hydrogens is 146 g/mol. The number of fused-ring (bicyclic) bond motifs is 1. The lowest BCUT2D eigenvalue weighted by Gasteiger charge is -1.92. The van der Waals surface area contributed by atoms with Gasteiger partial charge in [-0.05, 0) is 35.8 Å². The summed E-state index contributed by atoms with van der Waals surface area (Å²) in [5.41, 5.74) is 3.70. The second-order valence-corrected chi connectivity index (χ2v) is 2.88. The Bertz CT molecular complexity index is 353. The van der Waals surface area contributed by atoms with Gasteiger partial charge in [0, 0.05) is 11.9 Å². The topological polar surface area (TPSA) is 15.8 Å². The Labute approximate surface area is 72.1 Å². The highest BCUT2D eigenvalue weighted by molar-refractivity contribution is 5.68. The first kappa shape index (κ1) is 7.17. The monoisotopic (exact) mass is 157 g/mol. The minimum Gasteiger partial charge on any atom is -0.361 e. The average molecular weight is 157 g/mol. The molecular formula is C11H11N. The Morgan fingerprint density at radius 3 is 3.25 bits per heavy atom. The maximum atomic E-state index is 3.77. The van der Waals surface area contributed by atoms with Crippen molar-refractivity contribution in [2.45, 2.75) is 6.42 Å². The van der Waals surface area contributed by atoms with Gasteiger partial charge in [0.2, 0.25) is 0 Å². The number of hydrogen-bond acceptors (Lipinski definition) is 0. The van der Waals surface area contributed by atoms with Crippen molar-refractivity contribution in [2.24, 2.45) is 0 Å². The van der Waals surface area contributed by atoms with Crippen LogP contribution in [0.2, 0.25) is 0 Å². The number of aromatic amines is 1. The predicted molar refractivity (Wildman–Crippen MR) is 52.6 cm³/mol. The molecule has 2 rings (SSSR count). The Hall–Kier alpha value is -1.50. The molecule has 0 saturated carbocycles. The van der Waals surface area contributed by atoms with Crippen molar-refractivity contribution in [1.82, 2.24) is 4.98 Å². The van der Waals surface area contributed by atoms with Gasteiger partial charge < -0.3 is 4.98 Å². The van der Waals surface area contributed by atoms with Crippen LogP contribution in [0.5, 0.6) is 0 Å². The lowest BCUT2D eigenvalue weighted by molar-refractivity contribution is 1.32. The Morgan fingerprint density at radius 2 is 2.42 bits per heavy atom. The second kappa shape index (κ2) is 2.86. The summed E-state index contributed by atoms with van der Waals surface area (Å²) in [4.78, 5) is 3.18. The van der Waals surface area contributed by atoms with Gasteiger partial charge in [-0.25, -0.2) is 0 Å². The molecule has 1 aromatic rings. The van der Waals surface area contributed by atoms with Crippen molar-refractivity contribution in [3.05, 3.63) is 47.8 Å². The van der Waals surface area contributed by atoms with Crippen molar-refractivity contribution >= 4 is 12.2 Å². The van der Waals surface area contributed by atoms with E-state index in [1.807, 2.05) is 12.3 Å². The zero-order valence-corrected chi connectivity index (χ0v) is 6.88. The molecule has 12 heavy (non-hydrogen) atoms. The molecule has 0 radical (unpaired) electrons. The predicted octanol–water partition coefficient (Wildman–Crippen LogP) is 3.00. The Balaban J connectivity index is 2.51. The van der Waals surface area contributed by atoms with E-state index in [1.165, 1.54) is 16.8 Å². The van der Waals surface area contributed by atoms with Crippen LogP contribution in [0.1, 0.15) is 17.7 Å². The first-order valence-corrected chi connectivity index (χ1v) is 4.07. The number of allylic oxidation sites excluding steroid dienone is 3. The molecule has 0 bridgehead atoms. The average Bonchev–Trinajstić information content (AvgIpc) is 2.43. The van der Waals surface area contributed by atoms with Crippen LogP contribution in [-0.4, -0.2) is 4.98 Å². The van der Waals surface area contributed by atoms with E-state index >= 15 is 0 Å². The van der Waals surface area contributed by atoms with E-state index in [1.54, 1.807) is 0 Å². The zero-order valence-electron chi connectivity index (χ0n) is 6.88. The van der Waals surface area contributed by atoms with Gasteiger partial charge in [-0.2, -0.15) is 0 Å². The Kier molecular flexibility index (Phi) is 1.71. The van der Waals surface area contributed by atoms with E-state index in [-0.39, 0.29) is 0 Å². The molecule has 0 unspecified atom stereocenters. The van der Waals surface area contributed by atoms with Crippen molar-refractivity contribution in [3.63, 3.8) is 0 Å². The van der Waals surface area contributed by atoms with Gasteiger partial charge in [0.1, 0.15) is 0 Å². The normalized spacial score (nSPS) is 14.8. The third-order valence-corrected chi connectivity index (χ3v) is 2.05. The smallest absolute Gasteiger partial charge is 0.0450 e. The van der Waals surface area contributed by atoms with Crippen LogP contribution >= 0.6 is 0 Å². The van der Waals surface area contributed by atoms with E-state index in [0.29, 0.717) is 0 Å². The van der Waals surface area contributed by atoms with Crippen LogP contribution in [0.3, 0.4) is 0 Å². The van der Waals surface area contributed by atoms with Crippen LogP contribution < -0.4 is 0 Å². The van der Waals surface area contributed by atoms with Gasteiger partial charge in [0.05, 0.1) is 0 Å². The summed E-state index contributed by atoms with van der Waals surface area (Å²) in [5, 5.41) is 0. The summed E-state index contributed by atoms with van der Waals surface area (Å²) in [7, 11) is 0. The third kappa shape index (κ3) is 1.14. The molecule has 0 saturated heterocycles. The number of rotatable bonds is 1. The lowest BCUT2D eigenvalue weighted by atomic mass is 10.1. The summed E-state index contributed by atoms with van der Waals surface area (Å²) in [6.07, 6.45) is 11.3. The highest BCUT2D eigenvalue weighted by Gasteiger charge is 2.01. The maximum Gasteiger partial charge on any atom is 0.0450 e. The zero-order chi connectivity index (χ0) is 8.39. The van der Waals surface area contributed by atoms with Gasteiger partial charge in [0.15, 0.2) is 0 Å². The lowest BCUT2D eigenvalue weighted by Crippen LogP contribution is -1.73. The van der Waals surface area contributed by atoms with Crippen LogP contribution in [0.25, 0.3) is 12.2 Å². The van der Waals surface area contributed by atoms with E-state index in [9.17, 15) is 0 Å². The molecule has 0 aliphatic heterocycles. The molecule has 0 spiro atoms. The molecule has 1 heteroatoms. The van der Waals surface area contributed by atoms with Gasteiger partial charge >= 0.3 is 0 Å². The highest BCUT2D eigenvalue weighted by atomic mass is 14.7. The molecule has 1 N–H and O–H groups in total. The summed E-state index contributed by atoms with van der Waals surface area (Å²) in [6, 6.07) is 2.08. The summed E-state index contributed by atoms with van der Waals surface area (Å²) in [5.74, 6) is 0. The van der Waals surface area contributed by atoms with Gasteiger partial charge in [-0.3, -0.25) is 0 Å². The highest BCUT2D eigenvalue weighted by Crippen LogP contribution is 2.20. The fourth-order valence-corrected chi connectivity index (χ4v) is 1.38. The van der Waals surface area contributed by atoms with E-state index in [2.05, 4.69) is 35.9 Å². The van der Waals surface area contributed by atoms with E-state index in [4.69, 9.17) is 0 Å². The molecule has 1 heterocycles. The van der Waals surface area contributed by atoms with Crippen molar-refractivity contribution in [1.29, 1.82) is 0 Å². The van der Waals surface area contributed by atoms with E-state index < -0.39 is 0 Å². The largest absolute Gasteiger partial charge is 0.361 e.